The number of ether oxygens (including phenoxy) is 1. The molecule has 0 aliphatic heterocycles. The summed E-state index contributed by atoms with van der Waals surface area (Å²) in [6, 6.07) is 10.7. The van der Waals surface area contributed by atoms with Crippen LogP contribution in [0.2, 0.25) is 0 Å². The van der Waals surface area contributed by atoms with Gasteiger partial charge in [0.25, 0.3) is 0 Å². The molecule has 0 heterocycles. The van der Waals surface area contributed by atoms with Gasteiger partial charge < -0.3 is 4.74 Å². The molecule has 0 amide bonds. The summed E-state index contributed by atoms with van der Waals surface area (Å²) < 4.78 is 6.36. The Hall–Kier alpha value is -1.34. The SMILES string of the molecule is CCCC1CCC(C2(OCC)C=CC(c3ccccc3)=CC2)CC1. The standard InChI is InChI=1S/C23H32O/c1-3-8-19-11-13-22(14-12-19)23(24-4-2)17-15-21(16-18-23)20-9-6-5-7-10-20/h5-7,9-10,15-17,19,22H,3-4,8,11-14,18H2,1-2H3. The van der Waals surface area contributed by atoms with Gasteiger partial charge in [0.1, 0.15) is 0 Å². The molecule has 2 aliphatic carbocycles. The fraction of sp³-hybridized carbons (Fsp3) is 0.565. The first kappa shape index (κ1) is 17.5. The fourth-order valence-electron chi connectivity index (χ4n) is 4.63. The first-order valence-electron chi connectivity index (χ1n) is 9.86. The molecule has 0 spiro atoms. The molecule has 1 fully saturated rings. The number of benzene rings is 1. The predicted octanol–water partition coefficient (Wildman–Crippen LogP) is 6.41. The Morgan fingerprint density at radius 3 is 2.38 bits per heavy atom. The van der Waals surface area contributed by atoms with Crippen molar-refractivity contribution in [3.05, 3.63) is 54.1 Å². The maximum absolute atomic E-state index is 6.36. The molecule has 130 valence electrons. The van der Waals surface area contributed by atoms with Crippen LogP contribution in [-0.2, 0) is 4.74 Å². The molecule has 1 heteroatoms. The van der Waals surface area contributed by atoms with Gasteiger partial charge >= 0.3 is 0 Å². The maximum Gasteiger partial charge on any atom is 0.0928 e. The molecule has 0 N–H and O–H groups in total. The van der Waals surface area contributed by atoms with E-state index in [1.54, 1.807) is 0 Å². The van der Waals surface area contributed by atoms with E-state index in [1.165, 1.54) is 49.7 Å². The molecule has 1 aromatic carbocycles. The maximum atomic E-state index is 6.36. The highest BCUT2D eigenvalue weighted by molar-refractivity contribution is 5.75. The number of allylic oxidation sites excluding steroid dienone is 2. The first-order valence-corrected chi connectivity index (χ1v) is 9.86. The van der Waals surface area contributed by atoms with E-state index in [0.29, 0.717) is 5.92 Å². The van der Waals surface area contributed by atoms with E-state index < -0.39 is 0 Å². The molecule has 0 saturated heterocycles. The summed E-state index contributed by atoms with van der Waals surface area (Å²) in [4.78, 5) is 0. The van der Waals surface area contributed by atoms with Crippen LogP contribution in [0.1, 0.15) is 64.4 Å². The van der Waals surface area contributed by atoms with Crippen LogP contribution in [-0.4, -0.2) is 12.2 Å². The lowest BCUT2D eigenvalue weighted by molar-refractivity contribution is -0.0581. The molecule has 0 aromatic heterocycles. The largest absolute Gasteiger partial charge is 0.371 e. The van der Waals surface area contributed by atoms with Crippen LogP contribution in [0.5, 0.6) is 0 Å². The molecule has 2 aliphatic rings. The zero-order valence-corrected chi connectivity index (χ0v) is 15.3. The molecule has 1 nitrogen and oxygen atoms in total. The molecular weight excluding hydrogens is 292 g/mol. The van der Waals surface area contributed by atoms with E-state index in [4.69, 9.17) is 4.74 Å². The number of rotatable bonds is 6. The van der Waals surface area contributed by atoms with E-state index in [0.717, 1.165) is 18.9 Å². The third-order valence-electron chi connectivity index (χ3n) is 5.94. The van der Waals surface area contributed by atoms with Crippen molar-refractivity contribution in [1.29, 1.82) is 0 Å². The minimum Gasteiger partial charge on any atom is -0.371 e. The van der Waals surface area contributed by atoms with Gasteiger partial charge in [0, 0.05) is 6.61 Å². The Balaban J connectivity index is 1.70. The van der Waals surface area contributed by atoms with Crippen LogP contribution >= 0.6 is 0 Å². The lowest BCUT2D eigenvalue weighted by atomic mass is 9.69. The smallest absolute Gasteiger partial charge is 0.0928 e. The minimum atomic E-state index is -0.0653. The number of hydrogen-bond acceptors (Lipinski definition) is 1. The third kappa shape index (κ3) is 3.83. The number of hydrogen-bond donors (Lipinski definition) is 0. The van der Waals surface area contributed by atoms with Gasteiger partial charge in [-0.25, -0.2) is 0 Å². The highest BCUT2D eigenvalue weighted by Gasteiger charge is 2.39. The molecule has 1 aromatic rings. The average molecular weight is 325 g/mol. The van der Waals surface area contributed by atoms with Crippen molar-refractivity contribution in [3.63, 3.8) is 0 Å². The van der Waals surface area contributed by atoms with Crippen LogP contribution in [0.25, 0.3) is 5.57 Å². The molecule has 24 heavy (non-hydrogen) atoms. The Bertz CT molecular complexity index is 563. The fourth-order valence-corrected chi connectivity index (χ4v) is 4.63. The molecule has 3 rings (SSSR count). The lowest BCUT2D eigenvalue weighted by Gasteiger charge is -2.43. The van der Waals surface area contributed by atoms with Crippen LogP contribution in [0.3, 0.4) is 0 Å². The van der Waals surface area contributed by atoms with Crippen LogP contribution in [0, 0.1) is 11.8 Å². The van der Waals surface area contributed by atoms with Crippen molar-refractivity contribution in [2.24, 2.45) is 11.8 Å². The van der Waals surface area contributed by atoms with Gasteiger partial charge in [0.15, 0.2) is 0 Å². The summed E-state index contributed by atoms with van der Waals surface area (Å²) in [6.07, 6.45) is 16.2. The van der Waals surface area contributed by atoms with Crippen LogP contribution in [0.4, 0.5) is 0 Å². The van der Waals surface area contributed by atoms with Gasteiger partial charge in [0.05, 0.1) is 5.60 Å². The quantitative estimate of drug-likeness (QED) is 0.587. The second kappa shape index (κ2) is 8.16. The summed E-state index contributed by atoms with van der Waals surface area (Å²) in [5.74, 6) is 1.63. The highest BCUT2D eigenvalue weighted by atomic mass is 16.5. The highest BCUT2D eigenvalue weighted by Crippen LogP contribution is 2.44. The molecule has 0 bridgehead atoms. The van der Waals surface area contributed by atoms with Crippen molar-refractivity contribution in [3.8, 4) is 0 Å². The minimum absolute atomic E-state index is 0.0653. The van der Waals surface area contributed by atoms with Gasteiger partial charge in [0.2, 0.25) is 0 Å². The summed E-state index contributed by atoms with van der Waals surface area (Å²) in [5, 5.41) is 0. The Labute approximate surface area is 147 Å². The summed E-state index contributed by atoms with van der Waals surface area (Å²) in [6.45, 7) is 5.25. The van der Waals surface area contributed by atoms with Crippen molar-refractivity contribution in [2.45, 2.75) is 64.4 Å². The van der Waals surface area contributed by atoms with E-state index in [2.05, 4.69) is 62.4 Å². The second-order valence-corrected chi connectivity index (χ2v) is 7.46. The summed E-state index contributed by atoms with van der Waals surface area (Å²) in [7, 11) is 0. The van der Waals surface area contributed by atoms with Gasteiger partial charge in [-0.05, 0) is 49.2 Å². The van der Waals surface area contributed by atoms with Gasteiger partial charge in [-0.2, -0.15) is 0 Å². The Morgan fingerprint density at radius 1 is 1.04 bits per heavy atom. The van der Waals surface area contributed by atoms with Gasteiger partial charge in [-0.1, -0.05) is 81.2 Å². The zero-order valence-electron chi connectivity index (χ0n) is 15.3. The average Bonchev–Trinajstić information content (AvgIpc) is 2.64. The first-order chi connectivity index (χ1) is 11.8. The van der Waals surface area contributed by atoms with Crippen molar-refractivity contribution in [2.75, 3.05) is 6.61 Å². The Morgan fingerprint density at radius 2 is 1.79 bits per heavy atom. The van der Waals surface area contributed by atoms with Crippen molar-refractivity contribution >= 4 is 5.57 Å². The van der Waals surface area contributed by atoms with E-state index in [-0.39, 0.29) is 5.60 Å². The second-order valence-electron chi connectivity index (χ2n) is 7.46. The van der Waals surface area contributed by atoms with E-state index in [1.807, 2.05) is 0 Å². The predicted molar refractivity (Wildman–Crippen MR) is 103 cm³/mol. The molecule has 1 unspecified atom stereocenters. The van der Waals surface area contributed by atoms with E-state index >= 15 is 0 Å². The molecule has 0 radical (unpaired) electrons. The monoisotopic (exact) mass is 324 g/mol. The van der Waals surface area contributed by atoms with E-state index in [9.17, 15) is 0 Å². The zero-order chi connectivity index (χ0) is 16.8. The van der Waals surface area contributed by atoms with Gasteiger partial charge in [-0.3, -0.25) is 0 Å². The normalized spacial score (nSPS) is 30.2. The van der Waals surface area contributed by atoms with Crippen LogP contribution < -0.4 is 0 Å². The third-order valence-corrected chi connectivity index (χ3v) is 5.94. The summed E-state index contributed by atoms with van der Waals surface area (Å²) >= 11 is 0. The Kier molecular flexibility index (Phi) is 5.94. The van der Waals surface area contributed by atoms with Crippen LogP contribution in [0.15, 0.2) is 48.6 Å². The summed E-state index contributed by atoms with van der Waals surface area (Å²) in [5.41, 5.74) is 2.58. The molecule has 1 atom stereocenters. The lowest BCUT2D eigenvalue weighted by Crippen LogP contribution is -2.41. The van der Waals surface area contributed by atoms with Gasteiger partial charge in [-0.15, -0.1) is 0 Å². The van der Waals surface area contributed by atoms with Crippen molar-refractivity contribution in [1.82, 2.24) is 0 Å². The topological polar surface area (TPSA) is 9.23 Å². The molecule has 1 saturated carbocycles. The van der Waals surface area contributed by atoms with Crippen molar-refractivity contribution < 1.29 is 4.74 Å². The molecular formula is C23H32O.